The molecule has 2 nitrogen and oxygen atoms in total. The maximum Gasteiger partial charge on any atom is 0.163 e. The highest BCUT2D eigenvalue weighted by molar-refractivity contribution is 9.10. The molecular formula is C15H19BrO2. The van der Waals surface area contributed by atoms with Crippen LogP contribution in [0.25, 0.3) is 0 Å². The Morgan fingerprint density at radius 2 is 1.89 bits per heavy atom. The summed E-state index contributed by atoms with van der Waals surface area (Å²) in [6.45, 7) is 1.59. The lowest BCUT2D eigenvalue weighted by molar-refractivity contribution is 0.100. The zero-order chi connectivity index (χ0) is 13.0. The van der Waals surface area contributed by atoms with E-state index in [-0.39, 0.29) is 11.9 Å². The van der Waals surface area contributed by atoms with Crippen LogP contribution in [0.2, 0.25) is 0 Å². The zero-order valence-corrected chi connectivity index (χ0v) is 12.3. The van der Waals surface area contributed by atoms with Gasteiger partial charge in [-0.25, -0.2) is 0 Å². The maximum atomic E-state index is 11.6. The van der Waals surface area contributed by atoms with Gasteiger partial charge in [0.25, 0.3) is 0 Å². The van der Waals surface area contributed by atoms with E-state index >= 15 is 0 Å². The van der Waals surface area contributed by atoms with Gasteiger partial charge in [-0.05, 0) is 50.8 Å². The lowest BCUT2D eigenvalue weighted by atomic mass is 10.1. The average molecular weight is 311 g/mol. The number of benzene rings is 1. The van der Waals surface area contributed by atoms with Crippen LogP contribution in [-0.4, -0.2) is 11.9 Å². The van der Waals surface area contributed by atoms with E-state index in [1.807, 2.05) is 18.2 Å². The zero-order valence-electron chi connectivity index (χ0n) is 10.7. The minimum atomic E-state index is 0.0612. The number of carbonyl (C=O) groups excluding carboxylic acids is 1. The van der Waals surface area contributed by atoms with Crippen molar-refractivity contribution in [1.82, 2.24) is 0 Å². The number of halogens is 1. The monoisotopic (exact) mass is 310 g/mol. The molecule has 2 rings (SSSR count). The molecular weight excluding hydrogens is 292 g/mol. The van der Waals surface area contributed by atoms with E-state index in [0.29, 0.717) is 5.56 Å². The summed E-state index contributed by atoms with van der Waals surface area (Å²) >= 11 is 3.43. The van der Waals surface area contributed by atoms with Crippen molar-refractivity contribution in [3.05, 3.63) is 28.2 Å². The molecule has 1 fully saturated rings. The van der Waals surface area contributed by atoms with Crippen molar-refractivity contribution in [2.75, 3.05) is 0 Å². The molecule has 1 aromatic rings. The third-order valence-electron chi connectivity index (χ3n) is 3.42. The molecule has 0 amide bonds. The highest BCUT2D eigenvalue weighted by Gasteiger charge is 2.17. The molecule has 3 heteroatoms. The van der Waals surface area contributed by atoms with Gasteiger partial charge in [0.1, 0.15) is 5.75 Å². The smallest absolute Gasteiger partial charge is 0.163 e. The summed E-state index contributed by atoms with van der Waals surface area (Å²) in [6, 6.07) is 5.62. The molecule has 1 aromatic carbocycles. The summed E-state index contributed by atoms with van der Waals surface area (Å²) < 4.78 is 7.01. The van der Waals surface area contributed by atoms with Gasteiger partial charge >= 0.3 is 0 Å². The van der Waals surface area contributed by atoms with E-state index in [1.54, 1.807) is 6.92 Å². The van der Waals surface area contributed by atoms with Gasteiger partial charge in [-0.3, -0.25) is 4.79 Å². The number of ether oxygens (including phenoxy) is 1. The van der Waals surface area contributed by atoms with E-state index in [9.17, 15) is 4.79 Å². The van der Waals surface area contributed by atoms with Crippen molar-refractivity contribution < 1.29 is 9.53 Å². The largest absolute Gasteiger partial charge is 0.490 e. The lowest BCUT2D eigenvalue weighted by Gasteiger charge is -2.19. The number of hydrogen-bond acceptors (Lipinski definition) is 2. The fourth-order valence-electron chi connectivity index (χ4n) is 2.42. The van der Waals surface area contributed by atoms with Gasteiger partial charge in [0.15, 0.2) is 5.78 Å². The molecule has 1 aliphatic carbocycles. The van der Waals surface area contributed by atoms with Crippen molar-refractivity contribution in [3.8, 4) is 5.75 Å². The quantitative estimate of drug-likeness (QED) is 0.594. The molecule has 1 saturated carbocycles. The molecule has 0 N–H and O–H groups in total. The Bertz CT molecular complexity index is 421. The highest BCUT2D eigenvalue weighted by Crippen LogP contribution is 2.28. The Kier molecular flexibility index (Phi) is 4.81. The maximum absolute atomic E-state index is 11.6. The lowest BCUT2D eigenvalue weighted by Crippen LogP contribution is -2.16. The third-order valence-corrected chi connectivity index (χ3v) is 3.91. The predicted molar refractivity (Wildman–Crippen MR) is 76.3 cm³/mol. The topological polar surface area (TPSA) is 26.3 Å². The average Bonchev–Trinajstić information content (AvgIpc) is 2.57. The summed E-state index contributed by atoms with van der Waals surface area (Å²) in [5.41, 5.74) is 0.683. The van der Waals surface area contributed by atoms with E-state index in [4.69, 9.17) is 4.74 Å². The van der Waals surface area contributed by atoms with Gasteiger partial charge < -0.3 is 4.74 Å². The molecule has 98 valence electrons. The minimum absolute atomic E-state index is 0.0612. The molecule has 0 unspecified atom stereocenters. The second kappa shape index (κ2) is 6.37. The second-order valence-corrected chi connectivity index (χ2v) is 5.84. The van der Waals surface area contributed by atoms with E-state index in [0.717, 1.165) is 23.1 Å². The molecule has 0 radical (unpaired) electrons. The minimum Gasteiger partial charge on any atom is -0.490 e. The summed E-state index contributed by atoms with van der Waals surface area (Å²) in [6.07, 6.45) is 7.53. The SMILES string of the molecule is CC(=O)c1ccc(Br)cc1OC1CCCCCC1. The van der Waals surface area contributed by atoms with Crippen LogP contribution in [0.1, 0.15) is 55.8 Å². The molecule has 0 heterocycles. The molecule has 0 spiro atoms. The van der Waals surface area contributed by atoms with E-state index < -0.39 is 0 Å². The Balaban J connectivity index is 2.15. The van der Waals surface area contributed by atoms with Gasteiger partial charge in [-0.2, -0.15) is 0 Å². The van der Waals surface area contributed by atoms with E-state index in [2.05, 4.69) is 15.9 Å². The van der Waals surface area contributed by atoms with Gasteiger partial charge in [0.05, 0.1) is 11.7 Å². The fraction of sp³-hybridized carbons (Fsp3) is 0.533. The first-order chi connectivity index (χ1) is 8.66. The number of hydrogen-bond donors (Lipinski definition) is 0. The summed E-state index contributed by atoms with van der Waals surface area (Å²) in [4.78, 5) is 11.6. The Morgan fingerprint density at radius 3 is 2.50 bits per heavy atom. The normalized spacial score (nSPS) is 17.2. The Labute approximate surface area is 117 Å². The van der Waals surface area contributed by atoms with Crippen molar-refractivity contribution >= 4 is 21.7 Å². The molecule has 0 bridgehead atoms. The van der Waals surface area contributed by atoms with Crippen molar-refractivity contribution in [3.63, 3.8) is 0 Å². The van der Waals surface area contributed by atoms with Crippen molar-refractivity contribution in [2.24, 2.45) is 0 Å². The van der Waals surface area contributed by atoms with Crippen LogP contribution < -0.4 is 4.74 Å². The molecule has 0 saturated heterocycles. The number of carbonyl (C=O) groups is 1. The first-order valence-corrected chi connectivity index (χ1v) is 7.43. The first-order valence-electron chi connectivity index (χ1n) is 6.64. The van der Waals surface area contributed by atoms with Crippen LogP contribution >= 0.6 is 15.9 Å². The van der Waals surface area contributed by atoms with Crippen molar-refractivity contribution in [2.45, 2.75) is 51.6 Å². The van der Waals surface area contributed by atoms with Gasteiger partial charge in [0, 0.05) is 4.47 Å². The fourth-order valence-corrected chi connectivity index (χ4v) is 2.76. The van der Waals surface area contributed by atoms with Crippen LogP contribution in [0, 0.1) is 0 Å². The highest BCUT2D eigenvalue weighted by atomic mass is 79.9. The number of ketones is 1. The van der Waals surface area contributed by atoms with Gasteiger partial charge in [0.2, 0.25) is 0 Å². The Hall–Kier alpha value is -0.830. The van der Waals surface area contributed by atoms with Gasteiger partial charge in [-0.15, -0.1) is 0 Å². The van der Waals surface area contributed by atoms with Gasteiger partial charge in [-0.1, -0.05) is 28.8 Å². The first kappa shape index (κ1) is 13.6. The summed E-state index contributed by atoms with van der Waals surface area (Å²) in [5.74, 6) is 0.787. The molecule has 18 heavy (non-hydrogen) atoms. The van der Waals surface area contributed by atoms with Crippen molar-refractivity contribution in [1.29, 1.82) is 0 Å². The number of rotatable bonds is 3. The van der Waals surface area contributed by atoms with E-state index in [1.165, 1.54) is 25.7 Å². The molecule has 1 aliphatic rings. The Morgan fingerprint density at radius 1 is 1.22 bits per heavy atom. The molecule has 0 atom stereocenters. The standard InChI is InChI=1S/C15H19BrO2/c1-11(17)14-9-8-12(16)10-15(14)18-13-6-4-2-3-5-7-13/h8-10,13H,2-7H2,1H3. The summed E-state index contributed by atoms with van der Waals surface area (Å²) in [7, 11) is 0. The van der Waals surface area contributed by atoms with Crippen LogP contribution in [-0.2, 0) is 0 Å². The molecule has 0 aliphatic heterocycles. The van der Waals surface area contributed by atoms with Crippen LogP contribution in [0.15, 0.2) is 22.7 Å². The van der Waals surface area contributed by atoms with Crippen LogP contribution in [0.3, 0.4) is 0 Å². The van der Waals surface area contributed by atoms with Crippen LogP contribution in [0.5, 0.6) is 5.75 Å². The summed E-state index contributed by atoms with van der Waals surface area (Å²) in [5, 5.41) is 0. The predicted octanol–water partition coefficient (Wildman–Crippen LogP) is 4.75. The molecule has 0 aromatic heterocycles. The van der Waals surface area contributed by atoms with Crippen LogP contribution in [0.4, 0.5) is 0 Å². The second-order valence-electron chi connectivity index (χ2n) is 4.93. The third kappa shape index (κ3) is 3.58. The number of Topliss-reactive ketones (excluding diaryl/α,β-unsaturated/α-hetero) is 1.